The third kappa shape index (κ3) is 4.62. The third-order valence-corrected chi connectivity index (χ3v) is 5.48. The molecule has 0 aromatic carbocycles. The van der Waals surface area contributed by atoms with E-state index < -0.39 is 17.2 Å². The number of carbonyl (C=O) groups is 2. The van der Waals surface area contributed by atoms with Crippen LogP contribution < -0.4 is 16.6 Å². The molecule has 1 aliphatic rings. The fourth-order valence-corrected chi connectivity index (χ4v) is 3.75. The lowest BCUT2D eigenvalue weighted by molar-refractivity contribution is 0.0861. The van der Waals surface area contributed by atoms with Crippen molar-refractivity contribution in [3.8, 4) is 0 Å². The predicted molar refractivity (Wildman–Crippen MR) is 115 cm³/mol. The summed E-state index contributed by atoms with van der Waals surface area (Å²) >= 11 is 0. The Balaban J connectivity index is 1.92. The van der Waals surface area contributed by atoms with Crippen LogP contribution in [0, 0.1) is 0 Å². The number of aromatic nitrogens is 3. The Labute approximate surface area is 179 Å². The summed E-state index contributed by atoms with van der Waals surface area (Å²) < 4.78 is 6.38. The van der Waals surface area contributed by atoms with Crippen molar-refractivity contribution in [1.82, 2.24) is 24.8 Å². The second kappa shape index (κ2) is 9.32. The van der Waals surface area contributed by atoms with E-state index in [1.165, 1.54) is 4.57 Å². The summed E-state index contributed by atoms with van der Waals surface area (Å²) in [5.74, 6) is -0.390. The van der Waals surface area contributed by atoms with E-state index in [-0.39, 0.29) is 34.6 Å². The normalized spacial score (nSPS) is 14.8. The molecule has 10 nitrogen and oxygen atoms in total. The van der Waals surface area contributed by atoms with Crippen LogP contribution >= 0.6 is 0 Å². The van der Waals surface area contributed by atoms with E-state index in [9.17, 15) is 19.2 Å². The molecule has 3 heterocycles. The van der Waals surface area contributed by atoms with E-state index in [2.05, 4.69) is 15.3 Å². The fourth-order valence-electron chi connectivity index (χ4n) is 3.75. The number of H-pyrrole nitrogens is 1. The fraction of sp³-hybridized carbons (Fsp3) is 0.571. The van der Waals surface area contributed by atoms with Crippen molar-refractivity contribution < 1.29 is 14.3 Å². The molecule has 0 radical (unpaired) electrons. The first-order valence-electron chi connectivity index (χ1n) is 10.7. The average molecular weight is 431 g/mol. The van der Waals surface area contributed by atoms with Crippen LogP contribution in [-0.2, 0) is 11.3 Å². The van der Waals surface area contributed by atoms with Gasteiger partial charge in [-0.1, -0.05) is 13.8 Å². The Morgan fingerprint density at radius 3 is 2.52 bits per heavy atom. The van der Waals surface area contributed by atoms with Crippen molar-refractivity contribution in [2.24, 2.45) is 0 Å². The predicted octanol–water partition coefficient (Wildman–Crippen LogP) is 1.58. The third-order valence-electron chi connectivity index (χ3n) is 5.48. The SMILES string of the molecule is CCOC(=O)N1CCC(NC(=O)c2cc(C(C)C)nc3c2c(=O)[nH]c(=O)n3CC)CC1. The highest BCUT2D eigenvalue weighted by molar-refractivity contribution is 6.05. The summed E-state index contributed by atoms with van der Waals surface area (Å²) in [5, 5.41) is 3.08. The molecule has 2 N–H and O–H groups in total. The molecule has 10 heteroatoms. The highest BCUT2D eigenvalue weighted by atomic mass is 16.6. The largest absolute Gasteiger partial charge is 0.450 e. The lowest BCUT2D eigenvalue weighted by Crippen LogP contribution is -2.47. The number of aromatic amines is 1. The van der Waals surface area contributed by atoms with Crippen molar-refractivity contribution in [1.29, 1.82) is 0 Å². The monoisotopic (exact) mass is 431 g/mol. The van der Waals surface area contributed by atoms with Crippen LogP contribution in [0.2, 0.25) is 0 Å². The number of fused-ring (bicyclic) bond motifs is 1. The second-order valence-corrected chi connectivity index (χ2v) is 7.89. The van der Waals surface area contributed by atoms with E-state index in [0.29, 0.717) is 44.8 Å². The number of rotatable bonds is 5. The number of aryl methyl sites for hydroxylation is 1. The maximum Gasteiger partial charge on any atom is 0.409 e. The number of piperidine rings is 1. The average Bonchev–Trinajstić information content (AvgIpc) is 2.73. The van der Waals surface area contributed by atoms with Crippen LogP contribution in [-0.4, -0.2) is 57.2 Å². The molecule has 1 saturated heterocycles. The van der Waals surface area contributed by atoms with Gasteiger partial charge >= 0.3 is 11.8 Å². The maximum atomic E-state index is 13.2. The number of nitrogens with zero attached hydrogens (tertiary/aromatic N) is 3. The quantitative estimate of drug-likeness (QED) is 0.740. The minimum atomic E-state index is -0.630. The number of hydrogen-bond acceptors (Lipinski definition) is 6. The van der Waals surface area contributed by atoms with Gasteiger partial charge in [0.1, 0.15) is 0 Å². The van der Waals surface area contributed by atoms with Gasteiger partial charge in [-0.2, -0.15) is 0 Å². The zero-order valence-electron chi connectivity index (χ0n) is 18.4. The molecule has 1 fully saturated rings. The van der Waals surface area contributed by atoms with Crippen LogP contribution in [0.4, 0.5) is 4.79 Å². The number of pyridine rings is 1. The first-order chi connectivity index (χ1) is 14.8. The maximum absolute atomic E-state index is 13.2. The molecule has 0 atom stereocenters. The van der Waals surface area contributed by atoms with Gasteiger partial charge in [0.05, 0.1) is 17.6 Å². The van der Waals surface area contributed by atoms with Gasteiger partial charge in [0, 0.05) is 31.4 Å². The molecule has 0 saturated carbocycles. The van der Waals surface area contributed by atoms with Crippen LogP contribution in [0.15, 0.2) is 15.7 Å². The van der Waals surface area contributed by atoms with Crippen molar-refractivity contribution in [2.75, 3.05) is 19.7 Å². The molecular formula is C21H29N5O5. The molecule has 0 unspecified atom stereocenters. The molecule has 31 heavy (non-hydrogen) atoms. The zero-order valence-corrected chi connectivity index (χ0v) is 18.4. The van der Waals surface area contributed by atoms with Gasteiger partial charge in [-0.25, -0.2) is 14.6 Å². The lowest BCUT2D eigenvalue weighted by atomic mass is 10.0. The molecule has 1 aliphatic heterocycles. The van der Waals surface area contributed by atoms with Gasteiger partial charge in [0.15, 0.2) is 5.65 Å². The Bertz CT molecular complexity index is 1100. The van der Waals surface area contributed by atoms with Gasteiger partial charge in [-0.3, -0.25) is 19.1 Å². The number of likely N-dealkylation sites (tertiary alicyclic amines) is 1. The topological polar surface area (TPSA) is 126 Å². The van der Waals surface area contributed by atoms with Crippen LogP contribution in [0.5, 0.6) is 0 Å². The van der Waals surface area contributed by atoms with E-state index in [1.807, 2.05) is 13.8 Å². The molecule has 2 amide bonds. The van der Waals surface area contributed by atoms with E-state index in [4.69, 9.17) is 4.74 Å². The molecular weight excluding hydrogens is 402 g/mol. The number of nitrogens with one attached hydrogen (secondary N) is 2. The summed E-state index contributed by atoms with van der Waals surface area (Å²) in [5.41, 5.74) is -0.141. The molecule has 0 spiro atoms. The number of carbonyl (C=O) groups excluding carboxylic acids is 2. The Hall–Kier alpha value is -3.17. The molecule has 168 valence electrons. The first kappa shape index (κ1) is 22.5. The van der Waals surface area contributed by atoms with Crippen molar-refractivity contribution in [3.63, 3.8) is 0 Å². The zero-order chi connectivity index (χ0) is 22.7. The van der Waals surface area contributed by atoms with Gasteiger partial charge in [-0.05, 0) is 38.7 Å². The van der Waals surface area contributed by atoms with Gasteiger partial charge in [0.2, 0.25) is 0 Å². The molecule has 0 bridgehead atoms. The van der Waals surface area contributed by atoms with Crippen LogP contribution in [0.1, 0.15) is 62.5 Å². The highest BCUT2D eigenvalue weighted by Gasteiger charge is 2.26. The second-order valence-electron chi connectivity index (χ2n) is 7.89. The summed E-state index contributed by atoms with van der Waals surface area (Å²) in [4.78, 5) is 58.3. The van der Waals surface area contributed by atoms with Crippen molar-refractivity contribution >= 4 is 23.0 Å². The number of ether oxygens (including phenoxy) is 1. The summed E-state index contributed by atoms with van der Waals surface area (Å²) in [6.45, 7) is 9.00. The Morgan fingerprint density at radius 2 is 1.94 bits per heavy atom. The number of hydrogen-bond donors (Lipinski definition) is 2. The van der Waals surface area contributed by atoms with Crippen molar-refractivity contribution in [3.05, 3.63) is 38.2 Å². The molecule has 3 rings (SSSR count). The Kier molecular flexibility index (Phi) is 6.77. The van der Waals surface area contributed by atoms with Crippen LogP contribution in [0.3, 0.4) is 0 Å². The van der Waals surface area contributed by atoms with E-state index in [1.54, 1.807) is 24.8 Å². The van der Waals surface area contributed by atoms with Crippen LogP contribution in [0.25, 0.3) is 11.0 Å². The minimum absolute atomic E-state index is 0.00321. The summed E-state index contributed by atoms with van der Waals surface area (Å²) in [7, 11) is 0. The van der Waals surface area contributed by atoms with Crippen molar-refractivity contribution in [2.45, 2.75) is 59.0 Å². The highest BCUT2D eigenvalue weighted by Crippen LogP contribution is 2.20. The molecule has 0 aliphatic carbocycles. The summed E-state index contributed by atoms with van der Waals surface area (Å²) in [6.07, 6.45) is 0.819. The lowest BCUT2D eigenvalue weighted by Gasteiger charge is -2.31. The molecule has 2 aromatic rings. The van der Waals surface area contributed by atoms with Gasteiger partial charge < -0.3 is 15.0 Å². The van der Waals surface area contributed by atoms with Gasteiger partial charge in [0.25, 0.3) is 11.5 Å². The Morgan fingerprint density at radius 1 is 1.26 bits per heavy atom. The smallest absolute Gasteiger partial charge is 0.409 e. The van der Waals surface area contributed by atoms with E-state index in [0.717, 1.165) is 0 Å². The molecule has 2 aromatic heterocycles. The van der Waals surface area contributed by atoms with Gasteiger partial charge in [-0.15, -0.1) is 0 Å². The minimum Gasteiger partial charge on any atom is -0.450 e. The first-order valence-corrected chi connectivity index (χ1v) is 10.7. The standard InChI is InChI=1S/C21H29N5O5/c1-5-26-17-16(19(28)24-20(26)29)14(11-15(23-17)12(3)4)18(27)22-13-7-9-25(10-8-13)21(30)31-6-2/h11-13H,5-10H2,1-4H3,(H,22,27)(H,24,28,29). The number of amides is 2. The van der Waals surface area contributed by atoms with E-state index >= 15 is 0 Å². The summed E-state index contributed by atoms with van der Waals surface area (Å²) in [6, 6.07) is 1.48.